The third kappa shape index (κ3) is 3.12. The van der Waals surface area contributed by atoms with Gasteiger partial charge in [-0.15, -0.1) is 0 Å². The number of hydrogen-bond donors (Lipinski definition) is 2. The van der Waals surface area contributed by atoms with Crippen molar-refractivity contribution in [1.82, 2.24) is 0 Å². The van der Waals surface area contributed by atoms with Gasteiger partial charge in [0.05, 0.1) is 22.3 Å². The summed E-state index contributed by atoms with van der Waals surface area (Å²) in [5.74, 6) is 2.59. The number of fused-ring (bicyclic) bond motifs is 5. The van der Waals surface area contributed by atoms with Gasteiger partial charge in [0.2, 0.25) is 0 Å². The standard InChI is InChI=1S/C26H34Cl2O2/c1-25-10-8-18(29)14-17(25)6-7-19-20(25)9-11-26(2)21(19)13-16(24(26)30)12-15-4-3-5-22(27)23(15)28/h3-5,12,17-21,24,29-30H,6-11,13-14H2,1-2H3/b16-12+/t17-,18-,19+,20-,21-,24-,25-,26-/m0/s1. The van der Waals surface area contributed by atoms with E-state index in [1.165, 1.54) is 19.3 Å². The summed E-state index contributed by atoms with van der Waals surface area (Å²) in [7, 11) is 0. The first-order chi connectivity index (χ1) is 14.2. The number of rotatable bonds is 1. The largest absolute Gasteiger partial charge is 0.393 e. The predicted molar refractivity (Wildman–Crippen MR) is 124 cm³/mol. The van der Waals surface area contributed by atoms with E-state index in [9.17, 15) is 10.2 Å². The maximum Gasteiger partial charge on any atom is 0.0809 e. The molecule has 1 aromatic rings. The molecule has 4 saturated carbocycles. The van der Waals surface area contributed by atoms with Gasteiger partial charge in [-0.25, -0.2) is 0 Å². The Labute approximate surface area is 190 Å². The molecule has 0 saturated heterocycles. The van der Waals surface area contributed by atoms with Crippen LogP contribution in [0.25, 0.3) is 6.08 Å². The molecule has 0 radical (unpaired) electrons. The molecule has 4 fully saturated rings. The van der Waals surface area contributed by atoms with Gasteiger partial charge in [-0.2, -0.15) is 0 Å². The molecule has 4 aliphatic carbocycles. The monoisotopic (exact) mass is 448 g/mol. The fourth-order valence-corrected chi connectivity index (χ4v) is 8.43. The van der Waals surface area contributed by atoms with Crippen molar-refractivity contribution in [2.45, 2.75) is 77.4 Å². The lowest BCUT2D eigenvalue weighted by Crippen LogP contribution is -2.54. The Balaban J connectivity index is 1.46. The van der Waals surface area contributed by atoms with Crippen molar-refractivity contribution < 1.29 is 10.2 Å². The normalized spacial score (nSPS) is 46.9. The zero-order chi connectivity index (χ0) is 21.3. The Morgan fingerprint density at radius 3 is 2.53 bits per heavy atom. The van der Waals surface area contributed by atoms with E-state index in [1.807, 2.05) is 18.2 Å². The Kier molecular flexibility index (Phi) is 5.33. The molecule has 0 aromatic heterocycles. The van der Waals surface area contributed by atoms with Gasteiger partial charge in [-0.1, -0.05) is 55.3 Å². The Morgan fingerprint density at radius 1 is 0.967 bits per heavy atom. The number of aliphatic hydroxyl groups is 2. The quantitative estimate of drug-likeness (QED) is 0.498. The van der Waals surface area contributed by atoms with E-state index in [-0.39, 0.29) is 11.5 Å². The second-order valence-corrected chi connectivity index (χ2v) is 11.9. The molecule has 30 heavy (non-hydrogen) atoms. The smallest absolute Gasteiger partial charge is 0.0809 e. The fraction of sp³-hybridized carbons (Fsp3) is 0.692. The number of benzene rings is 1. The highest BCUT2D eigenvalue weighted by atomic mass is 35.5. The van der Waals surface area contributed by atoms with Crippen molar-refractivity contribution in [1.29, 1.82) is 0 Å². The van der Waals surface area contributed by atoms with Gasteiger partial charge in [-0.3, -0.25) is 0 Å². The first kappa shape index (κ1) is 21.3. The zero-order valence-corrected chi connectivity index (χ0v) is 19.6. The third-order valence-electron chi connectivity index (χ3n) is 9.83. The summed E-state index contributed by atoms with van der Waals surface area (Å²) in [4.78, 5) is 0. The van der Waals surface area contributed by atoms with Crippen LogP contribution in [-0.2, 0) is 0 Å². The van der Waals surface area contributed by atoms with Crippen LogP contribution < -0.4 is 0 Å². The minimum atomic E-state index is -0.405. The average molecular weight is 449 g/mol. The predicted octanol–water partition coefficient (Wildman–Crippen LogP) is 6.75. The van der Waals surface area contributed by atoms with Gasteiger partial charge in [0.25, 0.3) is 0 Å². The van der Waals surface area contributed by atoms with E-state index >= 15 is 0 Å². The first-order valence-electron chi connectivity index (χ1n) is 11.7. The van der Waals surface area contributed by atoms with Gasteiger partial charge >= 0.3 is 0 Å². The first-order valence-corrected chi connectivity index (χ1v) is 12.5. The van der Waals surface area contributed by atoms with Gasteiger partial charge < -0.3 is 10.2 Å². The summed E-state index contributed by atoms with van der Waals surface area (Å²) in [5.41, 5.74) is 2.35. The van der Waals surface area contributed by atoms with Crippen LogP contribution in [0.3, 0.4) is 0 Å². The highest BCUT2D eigenvalue weighted by Crippen LogP contribution is 2.67. The van der Waals surface area contributed by atoms with E-state index in [4.69, 9.17) is 23.2 Å². The molecule has 4 heteroatoms. The minimum absolute atomic E-state index is 0.0462. The SMILES string of the molecule is C[C@]12CC[C@H](O)C[C@@H]1CC[C@@H]1[C@@H]2CC[C@]2(C)[C@@H](O)/C(=C/c3cccc(Cl)c3Cl)C[C@@H]12. The lowest BCUT2D eigenvalue weighted by atomic mass is 9.45. The summed E-state index contributed by atoms with van der Waals surface area (Å²) in [6, 6.07) is 5.72. The summed E-state index contributed by atoms with van der Waals surface area (Å²) in [6.07, 6.45) is 10.4. The van der Waals surface area contributed by atoms with Crippen LogP contribution in [0.4, 0.5) is 0 Å². The Morgan fingerprint density at radius 2 is 1.73 bits per heavy atom. The maximum absolute atomic E-state index is 11.4. The molecule has 2 nitrogen and oxygen atoms in total. The number of hydrogen-bond acceptors (Lipinski definition) is 2. The van der Waals surface area contributed by atoms with Crippen molar-refractivity contribution in [3.8, 4) is 0 Å². The molecule has 2 N–H and O–H groups in total. The van der Waals surface area contributed by atoms with Crippen LogP contribution in [-0.4, -0.2) is 22.4 Å². The van der Waals surface area contributed by atoms with Crippen molar-refractivity contribution >= 4 is 29.3 Å². The molecular weight excluding hydrogens is 415 g/mol. The van der Waals surface area contributed by atoms with Crippen LogP contribution in [0.2, 0.25) is 10.0 Å². The Bertz CT molecular complexity index is 867. The van der Waals surface area contributed by atoms with Crippen molar-refractivity contribution in [2.24, 2.45) is 34.5 Å². The molecule has 0 amide bonds. The zero-order valence-electron chi connectivity index (χ0n) is 18.1. The van der Waals surface area contributed by atoms with Crippen LogP contribution in [0.15, 0.2) is 23.8 Å². The van der Waals surface area contributed by atoms with Crippen LogP contribution >= 0.6 is 23.2 Å². The molecule has 0 bridgehead atoms. The molecule has 8 atom stereocenters. The van der Waals surface area contributed by atoms with E-state index in [0.29, 0.717) is 33.2 Å². The topological polar surface area (TPSA) is 40.5 Å². The van der Waals surface area contributed by atoms with E-state index in [1.54, 1.807) is 0 Å². The highest BCUT2D eigenvalue weighted by molar-refractivity contribution is 6.42. The fourth-order valence-electron chi connectivity index (χ4n) is 8.07. The van der Waals surface area contributed by atoms with Crippen LogP contribution in [0, 0.1) is 34.5 Å². The lowest BCUT2D eigenvalue weighted by Gasteiger charge is -2.60. The number of halogens is 2. The van der Waals surface area contributed by atoms with Crippen molar-refractivity contribution in [3.05, 3.63) is 39.4 Å². The lowest BCUT2D eigenvalue weighted by molar-refractivity contribution is -0.133. The third-order valence-corrected chi connectivity index (χ3v) is 10.7. The van der Waals surface area contributed by atoms with Crippen molar-refractivity contribution in [2.75, 3.05) is 0 Å². The summed E-state index contributed by atoms with van der Waals surface area (Å²) < 4.78 is 0. The van der Waals surface area contributed by atoms with Gasteiger partial charge in [0.15, 0.2) is 0 Å². The van der Waals surface area contributed by atoms with E-state index in [0.717, 1.165) is 49.2 Å². The molecule has 4 aliphatic rings. The number of aliphatic hydroxyl groups excluding tert-OH is 2. The molecule has 0 heterocycles. The second kappa shape index (κ2) is 7.51. The molecule has 0 aliphatic heterocycles. The van der Waals surface area contributed by atoms with Gasteiger partial charge in [0.1, 0.15) is 0 Å². The summed E-state index contributed by atoms with van der Waals surface area (Å²) in [6.45, 7) is 4.83. The second-order valence-electron chi connectivity index (χ2n) is 11.1. The highest BCUT2D eigenvalue weighted by Gasteiger charge is 2.61. The Hall–Kier alpha value is -0.540. The van der Waals surface area contributed by atoms with Crippen LogP contribution in [0.5, 0.6) is 0 Å². The van der Waals surface area contributed by atoms with Gasteiger partial charge in [0, 0.05) is 5.41 Å². The summed E-state index contributed by atoms with van der Waals surface area (Å²) >= 11 is 12.7. The molecule has 0 spiro atoms. The maximum atomic E-state index is 11.4. The van der Waals surface area contributed by atoms with E-state index in [2.05, 4.69) is 19.9 Å². The molecule has 164 valence electrons. The minimum Gasteiger partial charge on any atom is -0.393 e. The van der Waals surface area contributed by atoms with E-state index < -0.39 is 6.10 Å². The molecule has 1 aromatic carbocycles. The summed E-state index contributed by atoms with van der Waals surface area (Å²) in [5, 5.41) is 22.8. The molecular formula is C26H34Cl2O2. The van der Waals surface area contributed by atoms with Crippen LogP contribution in [0.1, 0.15) is 70.8 Å². The van der Waals surface area contributed by atoms with Crippen molar-refractivity contribution in [3.63, 3.8) is 0 Å². The average Bonchev–Trinajstić information content (AvgIpc) is 2.97. The molecule has 5 rings (SSSR count). The van der Waals surface area contributed by atoms with Gasteiger partial charge in [-0.05, 0) is 97.7 Å². The molecule has 0 unspecified atom stereocenters.